The highest BCUT2D eigenvalue weighted by molar-refractivity contribution is 7.80. The van der Waals surface area contributed by atoms with Crippen LogP contribution in [-0.2, 0) is 6.54 Å². The van der Waals surface area contributed by atoms with Gasteiger partial charge in [-0.1, -0.05) is 6.07 Å². The molecule has 1 fully saturated rings. The van der Waals surface area contributed by atoms with Crippen LogP contribution in [0.1, 0.15) is 31.6 Å². The summed E-state index contributed by atoms with van der Waals surface area (Å²) in [5.74, 6) is 1.78. The van der Waals surface area contributed by atoms with Crippen molar-refractivity contribution in [3.05, 3.63) is 24.0 Å². The minimum Gasteiger partial charge on any atom is -0.325 e. The smallest absolute Gasteiger partial charge is 0.126 e. The summed E-state index contributed by atoms with van der Waals surface area (Å²) in [6.07, 6.45) is 2.65. The van der Waals surface area contributed by atoms with Gasteiger partial charge in [-0.05, 0) is 37.8 Å². The third-order valence-corrected chi connectivity index (χ3v) is 3.68. The van der Waals surface area contributed by atoms with Crippen molar-refractivity contribution in [1.82, 2.24) is 9.55 Å². The van der Waals surface area contributed by atoms with Gasteiger partial charge >= 0.3 is 0 Å². The lowest BCUT2D eigenvalue weighted by Crippen LogP contribution is -2.14. The van der Waals surface area contributed by atoms with Crippen LogP contribution in [0.4, 0.5) is 0 Å². The molecule has 0 spiro atoms. The number of para-hydroxylation sites is 1. The van der Waals surface area contributed by atoms with Crippen molar-refractivity contribution in [3.63, 3.8) is 0 Å². The molecule has 17 heavy (non-hydrogen) atoms. The van der Waals surface area contributed by atoms with Crippen molar-refractivity contribution in [2.45, 2.75) is 37.2 Å². The van der Waals surface area contributed by atoms with Crippen LogP contribution in [-0.4, -0.2) is 9.55 Å². The molecule has 90 valence electrons. The van der Waals surface area contributed by atoms with E-state index in [1.54, 1.807) is 0 Å². The van der Waals surface area contributed by atoms with Crippen molar-refractivity contribution in [2.24, 2.45) is 11.7 Å². The van der Waals surface area contributed by atoms with Crippen molar-refractivity contribution in [2.75, 3.05) is 0 Å². The first-order chi connectivity index (χ1) is 8.16. The Hall–Kier alpha value is -1.00. The molecule has 0 radical (unpaired) electrons. The van der Waals surface area contributed by atoms with E-state index in [2.05, 4.69) is 22.2 Å². The Bertz CT molecular complexity index is 555. The number of rotatable bonds is 3. The predicted octanol–water partition coefficient (Wildman–Crippen LogP) is 2.75. The number of benzene rings is 1. The lowest BCUT2D eigenvalue weighted by atomic mass is 10.3. The van der Waals surface area contributed by atoms with Crippen LogP contribution >= 0.6 is 12.6 Å². The Morgan fingerprint density at radius 3 is 2.94 bits per heavy atom. The van der Waals surface area contributed by atoms with Crippen molar-refractivity contribution >= 4 is 23.7 Å². The second-order valence-corrected chi connectivity index (χ2v) is 5.44. The zero-order valence-corrected chi connectivity index (χ0v) is 10.8. The molecule has 1 heterocycles. The van der Waals surface area contributed by atoms with Crippen LogP contribution in [0.3, 0.4) is 0 Å². The van der Waals surface area contributed by atoms with Gasteiger partial charge in [-0.15, -0.1) is 12.6 Å². The number of imidazole rings is 1. The second-order valence-electron chi connectivity index (χ2n) is 4.96. The van der Waals surface area contributed by atoms with Crippen molar-refractivity contribution < 1.29 is 0 Å². The summed E-state index contributed by atoms with van der Waals surface area (Å²) < 4.78 is 2.26. The highest BCUT2D eigenvalue weighted by Gasteiger charge is 2.25. The number of nitrogens with two attached hydrogens (primary N) is 1. The molecule has 0 amide bonds. The standard InChI is InChI=1S/C13H17N3S/c1-8(14)13-15-10-3-2-4-11(17)12(10)16(13)7-9-5-6-9/h2-4,8-9,17H,5-7,14H2,1H3/t8-/m0/s1. The first-order valence-electron chi connectivity index (χ1n) is 6.10. The van der Waals surface area contributed by atoms with Gasteiger partial charge in [-0.25, -0.2) is 4.98 Å². The molecule has 3 rings (SSSR count). The Morgan fingerprint density at radius 1 is 1.53 bits per heavy atom. The predicted molar refractivity (Wildman–Crippen MR) is 72.3 cm³/mol. The summed E-state index contributed by atoms with van der Waals surface area (Å²) in [5, 5.41) is 0. The van der Waals surface area contributed by atoms with Crippen molar-refractivity contribution in [3.8, 4) is 0 Å². The molecule has 3 nitrogen and oxygen atoms in total. The number of nitrogens with zero attached hydrogens (tertiary/aromatic N) is 2. The molecule has 1 atom stereocenters. The van der Waals surface area contributed by atoms with E-state index in [0.717, 1.165) is 34.2 Å². The third-order valence-electron chi connectivity index (χ3n) is 3.32. The zero-order valence-electron chi connectivity index (χ0n) is 9.93. The number of aromatic nitrogens is 2. The van der Waals surface area contributed by atoms with Gasteiger partial charge < -0.3 is 10.3 Å². The maximum atomic E-state index is 6.02. The van der Waals surface area contributed by atoms with E-state index < -0.39 is 0 Å². The molecule has 0 unspecified atom stereocenters. The Morgan fingerprint density at radius 2 is 2.29 bits per heavy atom. The van der Waals surface area contributed by atoms with Crippen LogP contribution in [0.15, 0.2) is 23.1 Å². The maximum Gasteiger partial charge on any atom is 0.126 e. The SMILES string of the molecule is C[C@H](N)c1nc2cccc(S)c2n1CC1CC1. The number of hydrogen-bond acceptors (Lipinski definition) is 3. The number of hydrogen-bond donors (Lipinski definition) is 2. The summed E-state index contributed by atoms with van der Waals surface area (Å²) in [7, 11) is 0. The second kappa shape index (κ2) is 4.03. The van der Waals surface area contributed by atoms with Gasteiger partial charge in [0.25, 0.3) is 0 Å². The van der Waals surface area contributed by atoms with Crippen LogP contribution in [0.5, 0.6) is 0 Å². The molecule has 1 aliphatic rings. The van der Waals surface area contributed by atoms with Gasteiger partial charge in [0, 0.05) is 11.4 Å². The van der Waals surface area contributed by atoms with E-state index in [1.807, 2.05) is 25.1 Å². The van der Waals surface area contributed by atoms with Gasteiger partial charge in [0.15, 0.2) is 0 Å². The molecule has 1 aromatic carbocycles. The molecule has 1 saturated carbocycles. The first-order valence-corrected chi connectivity index (χ1v) is 6.55. The fraction of sp³-hybridized carbons (Fsp3) is 0.462. The maximum absolute atomic E-state index is 6.02. The normalized spacial score (nSPS) is 17.6. The van der Waals surface area contributed by atoms with E-state index in [4.69, 9.17) is 5.73 Å². The summed E-state index contributed by atoms with van der Waals surface area (Å²) in [6, 6.07) is 6.00. The average Bonchev–Trinajstić information content (AvgIpc) is 2.99. The molecular formula is C13H17N3S. The van der Waals surface area contributed by atoms with Gasteiger partial charge in [0.05, 0.1) is 17.1 Å². The summed E-state index contributed by atoms with van der Waals surface area (Å²) in [4.78, 5) is 5.63. The van der Waals surface area contributed by atoms with Crippen molar-refractivity contribution in [1.29, 1.82) is 0 Å². The van der Waals surface area contributed by atoms with Crippen LogP contribution < -0.4 is 5.73 Å². The molecule has 0 saturated heterocycles. The fourth-order valence-electron chi connectivity index (χ4n) is 2.28. The minimum absolute atomic E-state index is 0.0334. The van der Waals surface area contributed by atoms with Gasteiger partial charge in [0.1, 0.15) is 5.82 Å². The molecule has 1 aliphatic carbocycles. The highest BCUT2D eigenvalue weighted by Crippen LogP contribution is 2.34. The average molecular weight is 247 g/mol. The highest BCUT2D eigenvalue weighted by atomic mass is 32.1. The fourth-order valence-corrected chi connectivity index (χ4v) is 2.60. The van der Waals surface area contributed by atoms with E-state index in [-0.39, 0.29) is 6.04 Å². The zero-order chi connectivity index (χ0) is 12.0. The van der Waals surface area contributed by atoms with Crippen LogP contribution in [0, 0.1) is 5.92 Å². The Balaban J connectivity index is 2.20. The molecule has 2 aromatic rings. The van der Waals surface area contributed by atoms with Gasteiger partial charge in [-0.2, -0.15) is 0 Å². The lowest BCUT2D eigenvalue weighted by molar-refractivity contribution is 0.580. The Labute approximate surface area is 106 Å². The topological polar surface area (TPSA) is 43.8 Å². The third kappa shape index (κ3) is 1.96. The van der Waals surface area contributed by atoms with E-state index in [1.165, 1.54) is 12.8 Å². The first kappa shape index (κ1) is 11.1. The lowest BCUT2D eigenvalue weighted by Gasteiger charge is -2.11. The molecule has 0 aliphatic heterocycles. The molecule has 2 N–H and O–H groups in total. The molecule has 1 aromatic heterocycles. The van der Waals surface area contributed by atoms with Gasteiger partial charge in [-0.3, -0.25) is 0 Å². The summed E-state index contributed by atoms with van der Waals surface area (Å²) in [5.41, 5.74) is 8.16. The number of thiol groups is 1. The van der Waals surface area contributed by atoms with Crippen LogP contribution in [0.25, 0.3) is 11.0 Å². The minimum atomic E-state index is -0.0334. The Kier molecular flexibility index (Phi) is 2.64. The molecule has 0 bridgehead atoms. The van der Waals surface area contributed by atoms with Gasteiger partial charge in [0.2, 0.25) is 0 Å². The quantitative estimate of drug-likeness (QED) is 0.819. The van der Waals surface area contributed by atoms with Crippen LogP contribution in [0.2, 0.25) is 0 Å². The molecular weight excluding hydrogens is 230 g/mol. The molecule has 4 heteroatoms. The largest absolute Gasteiger partial charge is 0.325 e. The number of fused-ring (bicyclic) bond motifs is 1. The summed E-state index contributed by atoms with van der Waals surface area (Å²) in [6.45, 7) is 3.02. The van der Waals surface area contributed by atoms with E-state index >= 15 is 0 Å². The summed E-state index contributed by atoms with van der Waals surface area (Å²) >= 11 is 4.54. The monoisotopic (exact) mass is 247 g/mol. The van der Waals surface area contributed by atoms with E-state index in [9.17, 15) is 0 Å². The van der Waals surface area contributed by atoms with E-state index in [0.29, 0.717) is 0 Å².